The molecule has 150 valence electrons. The summed E-state index contributed by atoms with van der Waals surface area (Å²) in [7, 11) is 0. The van der Waals surface area contributed by atoms with Gasteiger partial charge in [0.25, 0.3) is 5.69 Å². The van der Waals surface area contributed by atoms with Crippen LogP contribution in [0.3, 0.4) is 0 Å². The molecule has 0 saturated carbocycles. The molecule has 1 N–H and O–H groups in total. The van der Waals surface area contributed by atoms with Crippen molar-refractivity contribution in [3.8, 4) is 11.1 Å². The molecule has 0 radical (unpaired) electrons. The minimum atomic E-state index is -1.43. The van der Waals surface area contributed by atoms with Crippen LogP contribution in [0.4, 0.5) is 11.4 Å². The molecule has 30 heavy (non-hydrogen) atoms. The van der Waals surface area contributed by atoms with Gasteiger partial charge in [0.15, 0.2) is 0 Å². The zero-order chi connectivity index (χ0) is 21.3. The lowest BCUT2D eigenvalue weighted by molar-refractivity contribution is -0.385. The zero-order valence-electron chi connectivity index (χ0n) is 15.6. The zero-order valence-corrected chi connectivity index (χ0v) is 15.6. The Balaban J connectivity index is 1.62. The van der Waals surface area contributed by atoms with Gasteiger partial charge in [0, 0.05) is 12.0 Å². The molecular weight excluding hydrogens is 388 g/mol. The molecule has 1 aliphatic carbocycles. The van der Waals surface area contributed by atoms with Gasteiger partial charge in [0.2, 0.25) is 6.41 Å². The highest BCUT2D eigenvalue weighted by Crippen LogP contribution is 2.44. The minimum absolute atomic E-state index is 0.0706. The number of nitro groups is 1. The van der Waals surface area contributed by atoms with E-state index in [0.717, 1.165) is 39.4 Å². The summed E-state index contributed by atoms with van der Waals surface area (Å²) in [5, 5.41) is 21.2. The number of benzene rings is 3. The lowest BCUT2D eigenvalue weighted by atomic mass is 9.98. The molecule has 0 heterocycles. The third-order valence-electron chi connectivity index (χ3n) is 5.10. The van der Waals surface area contributed by atoms with Crippen LogP contribution in [0.25, 0.3) is 11.1 Å². The molecule has 0 spiro atoms. The number of carbonyl (C=O) groups is 2. The van der Waals surface area contributed by atoms with Gasteiger partial charge in [0.1, 0.15) is 5.56 Å². The van der Waals surface area contributed by atoms with E-state index in [2.05, 4.69) is 0 Å². The Hall–Kier alpha value is -4.04. The van der Waals surface area contributed by atoms with Gasteiger partial charge in [-0.3, -0.25) is 19.7 Å². The van der Waals surface area contributed by atoms with E-state index < -0.39 is 22.1 Å². The number of amides is 1. The van der Waals surface area contributed by atoms with E-state index in [1.54, 1.807) is 0 Å². The Kier molecular flexibility index (Phi) is 4.99. The van der Waals surface area contributed by atoms with Crippen molar-refractivity contribution < 1.29 is 24.5 Å². The number of rotatable bonds is 7. The summed E-state index contributed by atoms with van der Waals surface area (Å²) in [5.41, 5.74) is 3.32. The van der Waals surface area contributed by atoms with Crippen LogP contribution < -0.4 is 5.06 Å². The van der Waals surface area contributed by atoms with Crippen LogP contribution in [0.2, 0.25) is 0 Å². The van der Waals surface area contributed by atoms with Gasteiger partial charge in [-0.1, -0.05) is 48.5 Å². The van der Waals surface area contributed by atoms with Crippen molar-refractivity contribution in [2.45, 2.75) is 5.92 Å². The number of carboxylic acid groups (broad SMARTS) is 1. The van der Waals surface area contributed by atoms with Gasteiger partial charge in [-0.05, 0) is 34.4 Å². The van der Waals surface area contributed by atoms with Gasteiger partial charge in [-0.15, -0.1) is 0 Å². The molecule has 4 rings (SSSR count). The van der Waals surface area contributed by atoms with E-state index in [1.165, 1.54) is 6.07 Å². The molecule has 3 aromatic carbocycles. The SMILES string of the molecule is O=CN(OCC1c2ccccc2-c2ccccc21)c1ccc(C(=O)O)c([N+](=O)[O-])c1. The Bertz CT molecular complexity index is 1110. The molecule has 0 saturated heterocycles. The third-order valence-corrected chi connectivity index (χ3v) is 5.10. The summed E-state index contributed by atoms with van der Waals surface area (Å²) in [6.45, 7) is 0.126. The second kappa shape index (κ2) is 7.76. The van der Waals surface area contributed by atoms with Crippen molar-refractivity contribution >= 4 is 23.8 Å². The molecule has 0 aliphatic heterocycles. The molecule has 0 unspecified atom stereocenters. The monoisotopic (exact) mass is 404 g/mol. The van der Waals surface area contributed by atoms with E-state index in [0.29, 0.717) is 6.41 Å². The number of nitro benzene ring substituents is 1. The molecule has 3 aromatic rings. The summed E-state index contributed by atoms with van der Waals surface area (Å²) in [6, 6.07) is 19.2. The fourth-order valence-electron chi connectivity index (χ4n) is 3.75. The smallest absolute Gasteiger partial charge is 0.342 e. The summed E-state index contributed by atoms with van der Waals surface area (Å²) in [6.07, 6.45) is 0.395. The highest BCUT2D eigenvalue weighted by Gasteiger charge is 2.29. The molecule has 8 heteroatoms. The second-order valence-electron chi connectivity index (χ2n) is 6.72. The highest BCUT2D eigenvalue weighted by molar-refractivity contribution is 5.93. The third kappa shape index (κ3) is 3.29. The van der Waals surface area contributed by atoms with Crippen LogP contribution in [0, 0.1) is 10.1 Å². The Morgan fingerprint density at radius 3 is 2.20 bits per heavy atom. The number of nitrogens with zero attached hydrogens (tertiary/aromatic N) is 2. The van der Waals surface area contributed by atoms with Crippen LogP contribution in [0.5, 0.6) is 0 Å². The number of anilines is 1. The van der Waals surface area contributed by atoms with Crippen LogP contribution in [0.15, 0.2) is 66.7 Å². The molecule has 0 fully saturated rings. The summed E-state index contributed by atoms with van der Waals surface area (Å²) < 4.78 is 0. The summed E-state index contributed by atoms with van der Waals surface area (Å²) >= 11 is 0. The van der Waals surface area contributed by atoms with Crippen molar-refractivity contribution in [1.82, 2.24) is 0 Å². The van der Waals surface area contributed by atoms with E-state index in [-0.39, 0.29) is 18.2 Å². The van der Waals surface area contributed by atoms with Crippen LogP contribution in [-0.4, -0.2) is 29.0 Å². The first-order valence-corrected chi connectivity index (χ1v) is 9.08. The number of hydroxylamine groups is 1. The highest BCUT2D eigenvalue weighted by atomic mass is 16.7. The quantitative estimate of drug-likeness (QED) is 0.362. The Morgan fingerprint density at radius 2 is 1.67 bits per heavy atom. The van der Waals surface area contributed by atoms with E-state index in [4.69, 9.17) is 9.94 Å². The van der Waals surface area contributed by atoms with Crippen molar-refractivity contribution in [3.63, 3.8) is 0 Å². The lowest BCUT2D eigenvalue weighted by Gasteiger charge is -2.20. The Morgan fingerprint density at radius 1 is 1.07 bits per heavy atom. The maximum atomic E-state index is 11.6. The first kappa shape index (κ1) is 19.3. The minimum Gasteiger partial charge on any atom is -0.477 e. The molecular formula is C22H16N2O6. The lowest BCUT2D eigenvalue weighted by Crippen LogP contribution is -2.24. The first-order valence-electron chi connectivity index (χ1n) is 9.08. The maximum Gasteiger partial charge on any atom is 0.342 e. The molecule has 0 atom stereocenters. The van der Waals surface area contributed by atoms with Crippen molar-refractivity contribution in [2.24, 2.45) is 0 Å². The van der Waals surface area contributed by atoms with Crippen molar-refractivity contribution in [1.29, 1.82) is 0 Å². The van der Waals surface area contributed by atoms with E-state index >= 15 is 0 Å². The van der Waals surface area contributed by atoms with Crippen molar-refractivity contribution in [2.75, 3.05) is 11.7 Å². The number of hydrogen-bond donors (Lipinski definition) is 1. The standard InChI is InChI=1S/C22H16N2O6/c25-13-23(14-9-10-19(22(26)27)21(11-14)24(28)29)30-12-20-17-7-3-1-5-15(17)16-6-2-4-8-18(16)20/h1-11,13,20H,12H2,(H,26,27). The molecule has 8 nitrogen and oxygen atoms in total. The van der Waals surface area contributed by atoms with Crippen molar-refractivity contribution in [3.05, 3.63) is 93.5 Å². The molecule has 1 aliphatic rings. The first-order chi connectivity index (χ1) is 14.5. The molecule has 1 amide bonds. The number of carboxylic acids is 1. The van der Waals surface area contributed by atoms with Crippen LogP contribution in [0.1, 0.15) is 27.4 Å². The summed E-state index contributed by atoms with van der Waals surface area (Å²) in [5.74, 6) is -1.54. The predicted molar refractivity (Wildman–Crippen MR) is 108 cm³/mol. The van der Waals surface area contributed by atoms with Gasteiger partial charge in [0.05, 0.1) is 17.2 Å². The largest absolute Gasteiger partial charge is 0.477 e. The van der Waals surface area contributed by atoms with Crippen LogP contribution >= 0.6 is 0 Å². The number of hydrogen-bond acceptors (Lipinski definition) is 5. The molecule has 0 bridgehead atoms. The van der Waals surface area contributed by atoms with E-state index in [9.17, 15) is 19.7 Å². The fraction of sp³-hybridized carbons (Fsp3) is 0.0909. The normalized spacial score (nSPS) is 12.1. The van der Waals surface area contributed by atoms with Gasteiger partial charge < -0.3 is 5.11 Å². The average Bonchev–Trinajstić information content (AvgIpc) is 3.08. The number of fused-ring (bicyclic) bond motifs is 3. The summed E-state index contributed by atoms with van der Waals surface area (Å²) in [4.78, 5) is 38.9. The average molecular weight is 404 g/mol. The van der Waals surface area contributed by atoms with E-state index in [1.807, 2.05) is 48.5 Å². The maximum absolute atomic E-state index is 11.6. The predicted octanol–water partition coefficient (Wildman–Crippen LogP) is 4.00. The number of aromatic carboxylic acids is 1. The Labute approximate surface area is 171 Å². The topological polar surface area (TPSA) is 110 Å². The molecule has 0 aromatic heterocycles. The van der Waals surface area contributed by atoms with Gasteiger partial charge in [-0.2, -0.15) is 5.06 Å². The fourth-order valence-corrected chi connectivity index (χ4v) is 3.75. The van der Waals surface area contributed by atoms with Gasteiger partial charge >= 0.3 is 5.97 Å². The van der Waals surface area contributed by atoms with Crippen LogP contribution in [-0.2, 0) is 9.63 Å². The number of carbonyl (C=O) groups excluding carboxylic acids is 1. The second-order valence-corrected chi connectivity index (χ2v) is 6.72. The van der Waals surface area contributed by atoms with Gasteiger partial charge in [-0.25, -0.2) is 4.79 Å².